The van der Waals surface area contributed by atoms with E-state index in [0.29, 0.717) is 19.0 Å². The minimum Gasteiger partial charge on any atom is -0.446 e. The van der Waals surface area contributed by atoms with Crippen LogP contribution in [-0.2, 0) is 16.1 Å². The number of rotatable bonds is 7. The van der Waals surface area contributed by atoms with Crippen molar-refractivity contribution in [2.75, 3.05) is 20.3 Å². The highest BCUT2D eigenvalue weighted by Gasteiger charge is 2.35. The van der Waals surface area contributed by atoms with Crippen molar-refractivity contribution in [1.29, 1.82) is 0 Å². The highest BCUT2D eigenvalue weighted by molar-refractivity contribution is 5.91. The standard InChI is InChI=1S/C14H22N2O4/c1-3-20-14(6-4-5-7-14)10-15-13(17)11-8-19-12(16-11)9-18-2/h8H,3-7,9-10H2,1-2H3,(H,15,17). The van der Waals surface area contributed by atoms with Gasteiger partial charge in [-0.25, -0.2) is 4.98 Å². The Labute approximate surface area is 118 Å². The van der Waals surface area contributed by atoms with Crippen LogP contribution in [0.1, 0.15) is 49.0 Å². The van der Waals surface area contributed by atoms with Crippen LogP contribution in [0.25, 0.3) is 0 Å². The number of amides is 1. The minimum atomic E-state index is -0.234. The van der Waals surface area contributed by atoms with E-state index in [-0.39, 0.29) is 23.8 Å². The summed E-state index contributed by atoms with van der Waals surface area (Å²) in [5, 5.41) is 2.89. The zero-order valence-corrected chi connectivity index (χ0v) is 12.1. The van der Waals surface area contributed by atoms with Crippen molar-refractivity contribution in [1.82, 2.24) is 10.3 Å². The van der Waals surface area contributed by atoms with Crippen LogP contribution in [0, 0.1) is 0 Å². The van der Waals surface area contributed by atoms with E-state index in [1.165, 1.54) is 6.26 Å². The summed E-state index contributed by atoms with van der Waals surface area (Å²) in [6.07, 6.45) is 5.64. The van der Waals surface area contributed by atoms with Gasteiger partial charge in [0, 0.05) is 20.3 Å². The molecule has 0 spiro atoms. The number of aromatic nitrogens is 1. The lowest BCUT2D eigenvalue weighted by Crippen LogP contribution is -2.43. The highest BCUT2D eigenvalue weighted by Crippen LogP contribution is 2.32. The summed E-state index contributed by atoms with van der Waals surface area (Å²) in [4.78, 5) is 16.1. The van der Waals surface area contributed by atoms with Crippen LogP contribution in [0.5, 0.6) is 0 Å². The van der Waals surface area contributed by atoms with Crippen molar-refractivity contribution in [3.05, 3.63) is 17.8 Å². The summed E-state index contributed by atoms with van der Waals surface area (Å²) in [5.74, 6) is 0.167. The third-order valence-corrected chi connectivity index (χ3v) is 3.59. The van der Waals surface area contributed by atoms with Gasteiger partial charge in [-0.05, 0) is 19.8 Å². The molecule has 1 heterocycles. The van der Waals surface area contributed by atoms with Crippen LogP contribution in [-0.4, -0.2) is 36.8 Å². The van der Waals surface area contributed by atoms with Gasteiger partial charge < -0.3 is 19.2 Å². The van der Waals surface area contributed by atoms with E-state index in [0.717, 1.165) is 25.7 Å². The number of nitrogens with one attached hydrogen (secondary N) is 1. The van der Waals surface area contributed by atoms with Crippen molar-refractivity contribution >= 4 is 5.91 Å². The smallest absolute Gasteiger partial charge is 0.273 e. The van der Waals surface area contributed by atoms with Gasteiger partial charge >= 0.3 is 0 Å². The largest absolute Gasteiger partial charge is 0.446 e. The first kappa shape index (κ1) is 15.0. The summed E-state index contributed by atoms with van der Waals surface area (Å²) in [6, 6.07) is 0. The zero-order chi connectivity index (χ0) is 14.4. The van der Waals surface area contributed by atoms with Gasteiger partial charge in [0.2, 0.25) is 5.89 Å². The number of methoxy groups -OCH3 is 1. The maximum Gasteiger partial charge on any atom is 0.273 e. The molecule has 20 heavy (non-hydrogen) atoms. The normalized spacial score (nSPS) is 17.3. The molecule has 2 rings (SSSR count). The number of nitrogens with zero attached hydrogens (tertiary/aromatic N) is 1. The molecule has 1 saturated carbocycles. The van der Waals surface area contributed by atoms with Gasteiger partial charge in [0.25, 0.3) is 5.91 Å². The van der Waals surface area contributed by atoms with Gasteiger partial charge in [-0.15, -0.1) is 0 Å². The summed E-state index contributed by atoms with van der Waals surface area (Å²) in [7, 11) is 1.55. The summed E-state index contributed by atoms with van der Waals surface area (Å²) in [6.45, 7) is 3.43. The van der Waals surface area contributed by atoms with Crippen molar-refractivity contribution in [2.45, 2.75) is 44.8 Å². The Balaban J connectivity index is 1.90. The molecule has 1 fully saturated rings. The van der Waals surface area contributed by atoms with Gasteiger partial charge in [-0.1, -0.05) is 12.8 Å². The Bertz CT molecular complexity index is 438. The molecule has 0 unspecified atom stereocenters. The van der Waals surface area contributed by atoms with E-state index in [2.05, 4.69) is 10.3 Å². The number of hydrogen-bond acceptors (Lipinski definition) is 5. The van der Waals surface area contributed by atoms with Gasteiger partial charge in [-0.3, -0.25) is 4.79 Å². The van der Waals surface area contributed by atoms with Gasteiger partial charge in [0.05, 0.1) is 5.60 Å². The summed E-state index contributed by atoms with van der Waals surface area (Å²) in [5.41, 5.74) is 0.0745. The minimum absolute atomic E-state index is 0.205. The third-order valence-electron chi connectivity index (χ3n) is 3.59. The van der Waals surface area contributed by atoms with Gasteiger partial charge in [0.1, 0.15) is 12.9 Å². The zero-order valence-electron chi connectivity index (χ0n) is 12.1. The average Bonchev–Trinajstić information content (AvgIpc) is 3.07. The molecule has 0 aromatic carbocycles. The van der Waals surface area contributed by atoms with Crippen LogP contribution in [0.4, 0.5) is 0 Å². The van der Waals surface area contributed by atoms with Gasteiger partial charge in [0.15, 0.2) is 5.69 Å². The van der Waals surface area contributed by atoms with E-state index in [1.54, 1.807) is 7.11 Å². The Kier molecular flexibility index (Phi) is 5.14. The van der Waals surface area contributed by atoms with Gasteiger partial charge in [-0.2, -0.15) is 0 Å². The monoisotopic (exact) mass is 282 g/mol. The lowest BCUT2D eigenvalue weighted by atomic mass is 10.0. The Morgan fingerprint density at radius 2 is 2.25 bits per heavy atom. The molecule has 1 amide bonds. The summed E-state index contributed by atoms with van der Waals surface area (Å²) >= 11 is 0. The molecule has 6 nitrogen and oxygen atoms in total. The van der Waals surface area contributed by atoms with E-state index in [4.69, 9.17) is 13.9 Å². The van der Waals surface area contributed by atoms with E-state index in [1.807, 2.05) is 6.92 Å². The van der Waals surface area contributed by atoms with E-state index in [9.17, 15) is 4.79 Å². The third kappa shape index (κ3) is 3.58. The van der Waals surface area contributed by atoms with Crippen molar-refractivity contribution < 1.29 is 18.7 Å². The Morgan fingerprint density at radius 3 is 2.90 bits per heavy atom. The molecule has 6 heteroatoms. The van der Waals surface area contributed by atoms with E-state index < -0.39 is 0 Å². The number of hydrogen-bond donors (Lipinski definition) is 1. The SMILES string of the molecule is CCOC1(CNC(=O)c2coc(COC)n2)CCCC1. The predicted octanol–water partition coefficient (Wildman–Crippen LogP) is 1.90. The molecule has 1 aliphatic carbocycles. The molecular formula is C14H22N2O4. The molecule has 1 aromatic rings. The highest BCUT2D eigenvalue weighted by atomic mass is 16.5. The molecule has 0 saturated heterocycles. The van der Waals surface area contributed by atoms with Crippen molar-refractivity contribution in [2.24, 2.45) is 0 Å². The topological polar surface area (TPSA) is 73.6 Å². The molecule has 1 aliphatic rings. The quantitative estimate of drug-likeness (QED) is 0.826. The van der Waals surface area contributed by atoms with Crippen LogP contribution in [0.15, 0.2) is 10.7 Å². The molecule has 1 N–H and O–H groups in total. The Morgan fingerprint density at radius 1 is 1.50 bits per heavy atom. The molecule has 112 valence electrons. The first-order valence-corrected chi connectivity index (χ1v) is 7.04. The molecular weight excluding hydrogens is 260 g/mol. The number of carbonyl (C=O) groups excluding carboxylic acids is 1. The molecule has 1 aromatic heterocycles. The lowest BCUT2D eigenvalue weighted by Gasteiger charge is -2.28. The second kappa shape index (κ2) is 6.85. The van der Waals surface area contributed by atoms with Crippen LogP contribution in [0.3, 0.4) is 0 Å². The molecule has 0 aliphatic heterocycles. The van der Waals surface area contributed by atoms with Crippen LogP contribution in [0.2, 0.25) is 0 Å². The fourth-order valence-corrected chi connectivity index (χ4v) is 2.63. The molecule has 0 atom stereocenters. The fraction of sp³-hybridized carbons (Fsp3) is 0.714. The molecule has 0 radical (unpaired) electrons. The average molecular weight is 282 g/mol. The number of carbonyl (C=O) groups is 1. The predicted molar refractivity (Wildman–Crippen MR) is 72.4 cm³/mol. The van der Waals surface area contributed by atoms with Crippen LogP contribution >= 0.6 is 0 Å². The van der Waals surface area contributed by atoms with Crippen molar-refractivity contribution in [3.8, 4) is 0 Å². The first-order valence-electron chi connectivity index (χ1n) is 7.04. The first-order chi connectivity index (χ1) is 9.69. The van der Waals surface area contributed by atoms with Crippen molar-refractivity contribution in [3.63, 3.8) is 0 Å². The molecule has 0 bridgehead atoms. The lowest BCUT2D eigenvalue weighted by molar-refractivity contribution is -0.0316. The Hall–Kier alpha value is -1.40. The second-order valence-corrected chi connectivity index (χ2v) is 5.07. The van der Waals surface area contributed by atoms with Crippen LogP contribution < -0.4 is 5.32 Å². The fourth-order valence-electron chi connectivity index (χ4n) is 2.63. The van der Waals surface area contributed by atoms with E-state index >= 15 is 0 Å². The number of oxazole rings is 1. The second-order valence-electron chi connectivity index (χ2n) is 5.07. The summed E-state index contributed by atoms with van der Waals surface area (Å²) < 4.78 is 15.9. The maximum absolute atomic E-state index is 12.0. The maximum atomic E-state index is 12.0. The number of ether oxygens (including phenoxy) is 2.